The van der Waals surface area contributed by atoms with E-state index < -0.39 is 21.6 Å². The molecule has 2 N–H and O–H groups in total. The molecule has 3 heterocycles. The summed E-state index contributed by atoms with van der Waals surface area (Å²) in [6.45, 7) is 2.38. The Morgan fingerprint density at radius 1 is 0.824 bits per heavy atom. The zero-order valence-electron chi connectivity index (χ0n) is 17.7. The minimum Gasteiger partial charge on any atom is -0.400 e. The lowest BCUT2D eigenvalue weighted by molar-refractivity contribution is -0.402. The normalized spacial score (nSPS) is 15.1. The highest BCUT2D eigenvalue weighted by atomic mass is 16.7. The van der Waals surface area contributed by atoms with E-state index in [-0.39, 0.29) is 36.4 Å². The molecule has 2 aromatic heterocycles. The SMILES string of the molecule is O=C(CN1CCN(CC(=O)N/N=C/c2ccc([N+](=O)[O-])o2)CC1)N/N=C/c1ccc([N+](=O)[O-])o1. The molecule has 1 saturated heterocycles. The monoisotopic (exact) mass is 476 g/mol. The predicted molar refractivity (Wildman–Crippen MR) is 115 cm³/mol. The van der Waals surface area contributed by atoms with Gasteiger partial charge in [0, 0.05) is 26.2 Å². The van der Waals surface area contributed by atoms with Gasteiger partial charge in [-0.05, 0) is 12.1 Å². The average Bonchev–Trinajstić information content (AvgIpc) is 3.45. The standard InChI is InChI=1S/C18H20N8O8/c27-15(21-19-9-13-1-3-17(33-13)25(29)30)11-23-5-7-24(8-6-23)12-16(28)22-20-10-14-2-4-18(34-14)26(31)32/h1-4,9-10H,5-8,11-12H2,(H,21,27)(H,22,28)/b19-9+,20-10+. The molecule has 0 atom stereocenters. The Balaban J connectivity index is 1.32. The van der Waals surface area contributed by atoms with Crippen LogP contribution in [0.5, 0.6) is 0 Å². The molecule has 34 heavy (non-hydrogen) atoms. The maximum absolute atomic E-state index is 12.0. The van der Waals surface area contributed by atoms with Crippen LogP contribution in [0.2, 0.25) is 0 Å². The Bertz CT molecular complexity index is 1010. The van der Waals surface area contributed by atoms with Crippen molar-refractivity contribution < 1.29 is 28.3 Å². The number of nitrogens with zero attached hydrogens (tertiary/aromatic N) is 6. The van der Waals surface area contributed by atoms with Crippen LogP contribution in [-0.2, 0) is 9.59 Å². The van der Waals surface area contributed by atoms with Gasteiger partial charge in [-0.2, -0.15) is 10.2 Å². The molecular weight excluding hydrogens is 456 g/mol. The second-order valence-corrected chi connectivity index (χ2v) is 7.00. The summed E-state index contributed by atoms with van der Waals surface area (Å²) in [7, 11) is 0. The smallest absolute Gasteiger partial charge is 0.400 e. The second kappa shape index (κ2) is 11.4. The van der Waals surface area contributed by atoms with Gasteiger partial charge in [-0.3, -0.25) is 39.6 Å². The molecule has 1 fully saturated rings. The highest BCUT2D eigenvalue weighted by Gasteiger charge is 2.20. The molecule has 0 unspecified atom stereocenters. The summed E-state index contributed by atoms with van der Waals surface area (Å²) in [6, 6.07) is 5.08. The van der Waals surface area contributed by atoms with Gasteiger partial charge in [-0.15, -0.1) is 0 Å². The molecule has 1 aliphatic rings. The van der Waals surface area contributed by atoms with E-state index in [4.69, 9.17) is 8.83 Å². The number of furan rings is 2. The highest BCUT2D eigenvalue weighted by Crippen LogP contribution is 2.14. The van der Waals surface area contributed by atoms with Crippen LogP contribution in [0, 0.1) is 20.2 Å². The van der Waals surface area contributed by atoms with E-state index in [0.29, 0.717) is 26.2 Å². The topological polar surface area (TPSA) is 202 Å². The average molecular weight is 476 g/mol. The number of nitro groups is 2. The van der Waals surface area contributed by atoms with Crippen molar-refractivity contribution >= 4 is 36.0 Å². The van der Waals surface area contributed by atoms with E-state index in [1.165, 1.54) is 24.3 Å². The number of piperazine rings is 1. The van der Waals surface area contributed by atoms with E-state index in [1.807, 2.05) is 9.80 Å². The molecule has 0 bridgehead atoms. The van der Waals surface area contributed by atoms with Gasteiger partial charge in [0.15, 0.2) is 11.5 Å². The summed E-state index contributed by atoms with van der Waals surface area (Å²) >= 11 is 0. The summed E-state index contributed by atoms with van der Waals surface area (Å²) in [6.07, 6.45) is 2.33. The maximum atomic E-state index is 12.0. The van der Waals surface area contributed by atoms with Crippen molar-refractivity contribution in [2.75, 3.05) is 39.3 Å². The lowest BCUT2D eigenvalue weighted by Gasteiger charge is -2.33. The number of carbonyl (C=O) groups is 2. The molecular formula is C18H20N8O8. The first-order valence-electron chi connectivity index (χ1n) is 9.87. The number of hydrogen-bond acceptors (Lipinski definition) is 12. The minimum atomic E-state index is -0.678. The number of carbonyl (C=O) groups excluding carboxylic acids is 2. The Hall–Kier alpha value is -4.44. The largest absolute Gasteiger partial charge is 0.433 e. The van der Waals surface area contributed by atoms with Crippen molar-refractivity contribution in [2.24, 2.45) is 10.2 Å². The van der Waals surface area contributed by atoms with E-state index in [1.54, 1.807) is 0 Å². The highest BCUT2D eigenvalue weighted by molar-refractivity contribution is 5.82. The van der Waals surface area contributed by atoms with Crippen LogP contribution in [0.4, 0.5) is 11.8 Å². The van der Waals surface area contributed by atoms with Crippen LogP contribution < -0.4 is 10.9 Å². The van der Waals surface area contributed by atoms with Crippen LogP contribution in [0.1, 0.15) is 11.5 Å². The Kier molecular flexibility index (Phi) is 8.14. The van der Waals surface area contributed by atoms with Gasteiger partial charge in [0.05, 0.1) is 37.7 Å². The fourth-order valence-electron chi connectivity index (χ4n) is 2.94. The predicted octanol–water partition coefficient (Wildman–Crippen LogP) is -0.0930. The molecule has 0 aliphatic carbocycles. The van der Waals surface area contributed by atoms with Gasteiger partial charge in [0.2, 0.25) is 0 Å². The van der Waals surface area contributed by atoms with Gasteiger partial charge in [0.25, 0.3) is 11.8 Å². The van der Waals surface area contributed by atoms with Gasteiger partial charge < -0.3 is 8.83 Å². The Labute approximate surface area is 191 Å². The summed E-state index contributed by atoms with van der Waals surface area (Å²) in [5.74, 6) is -1.31. The third-order valence-corrected chi connectivity index (χ3v) is 4.55. The van der Waals surface area contributed by atoms with Crippen molar-refractivity contribution in [3.8, 4) is 0 Å². The lowest BCUT2D eigenvalue weighted by Crippen LogP contribution is -2.51. The van der Waals surface area contributed by atoms with Gasteiger partial charge >= 0.3 is 11.8 Å². The molecule has 16 heteroatoms. The molecule has 3 rings (SSSR count). The molecule has 1 aliphatic heterocycles. The number of amides is 2. The van der Waals surface area contributed by atoms with Crippen LogP contribution in [0.15, 0.2) is 43.3 Å². The van der Waals surface area contributed by atoms with Crippen molar-refractivity contribution in [3.05, 3.63) is 56.0 Å². The van der Waals surface area contributed by atoms with E-state index in [0.717, 1.165) is 12.4 Å². The summed E-state index contributed by atoms with van der Waals surface area (Å²) in [5, 5.41) is 28.5. The first-order chi connectivity index (χ1) is 16.3. The van der Waals surface area contributed by atoms with Crippen LogP contribution >= 0.6 is 0 Å². The van der Waals surface area contributed by atoms with E-state index in [2.05, 4.69) is 21.1 Å². The summed E-state index contributed by atoms with van der Waals surface area (Å²) < 4.78 is 9.78. The zero-order chi connectivity index (χ0) is 24.5. The summed E-state index contributed by atoms with van der Waals surface area (Å²) in [4.78, 5) is 47.5. The quantitative estimate of drug-likeness (QED) is 0.265. The zero-order valence-corrected chi connectivity index (χ0v) is 17.7. The third-order valence-electron chi connectivity index (χ3n) is 4.55. The van der Waals surface area contributed by atoms with E-state index in [9.17, 15) is 29.8 Å². The van der Waals surface area contributed by atoms with Crippen molar-refractivity contribution in [2.45, 2.75) is 0 Å². The molecule has 16 nitrogen and oxygen atoms in total. The van der Waals surface area contributed by atoms with Gasteiger partial charge in [0.1, 0.15) is 9.85 Å². The maximum Gasteiger partial charge on any atom is 0.433 e. The molecule has 0 radical (unpaired) electrons. The first-order valence-corrected chi connectivity index (χ1v) is 9.87. The molecule has 2 amide bonds. The minimum absolute atomic E-state index is 0.0925. The number of hydrazone groups is 2. The van der Waals surface area contributed by atoms with Crippen molar-refractivity contribution in [3.63, 3.8) is 0 Å². The first kappa shape index (κ1) is 24.2. The second-order valence-electron chi connectivity index (χ2n) is 7.00. The molecule has 0 spiro atoms. The fourth-order valence-corrected chi connectivity index (χ4v) is 2.94. The number of nitrogens with one attached hydrogen (secondary N) is 2. The summed E-state index contributed by atoms with van der Waals surface area (Å²) in [5.41, 5.74) is 4.65. The van der Waals surface area contributed by atoms with Crippen LogP contribution in [-0.4, -0.2) is 83.2 Å². The van der Waals surface area contributed by atoms with Crippen molar-refractivity contribution in [1.82, 2.24) is 20.7 Å². The molecule has 180 valence electrons. The van der Waals surface area contributed by atoms with Gasteiger partial charge in [-0.25, -0.2) is 10.9 Å². The number of rotatable bonds is 10. The fraction of sp³-hybridized carbons (Fsp3) is 0.333. The van der Waals surface area contributed by atoms with Crippen molar-refractivity contribution in [1.29, 1.82) is 0 Å². The van der Waals surface area contributed by atoms with Crippen LogP contribution in [0.25, 0.3) is 0 Å². The molecule has 0 saturated carbocycles. The lowest BCUT2D eigenvalue weighted by atomic mass is 10.3. The van der Waals surface area contributed by atoms with Crippen LogP contribution in [0.3, 0.4) is 0 Å². The Morgan fingerprint density at radius 2 is 1.21 bits per heavy atom. The number of hydrogen-bond donors (Lipinski definition) is 2. The van der Waals surface area contributed by atoms with Gasteiger partial charge in [-0.1, -0.05) is 0 Å². The third kappa shape index (κ3) is 7.31. The van der Waals surface area contributed by atoms with E-state index >= 15 is 0 Å². The Morgan fingerprint density at radius 3 is 1.53 bits per heavy atom. The molecule has 0 aromatic carbocycles. The molecule has 2 aromatic rings.